The molecule has 0 fully saturated rings. The van der Waals surface area contributed by atoms with E-state index in [1.54, 1.807) is 25.3 Å². The zero-order valence-electron chi connectivity index (χ0n) is 18.4. The SMILES string of the molecule is CCN(CC)c1ccc(NC(=O)CSc2nc3cc(Cl)ccc3c(=O)n2CCOC)cc1. The van der Waals surface area contributed by atoms with Crippen LogP contribution >= 0.6 is 23.4 Å². The number of benzene rings is 2. The number of hydrogen-bond acceptors (Lipinski definition) is 6. The van der Waals surface area contributed by atoms with Gasteiger partial charge in [-0.15, -0.1) is 0 Å². The van der Waals surface area contributed by atoms with Crippen molar-refractivity contribution in [3.05, 3.63) is 57.8 Å². The number of anilines is 2. The summed E-state index contributed by atoms with van der Waals surface area (Å²) in [5.74, 6) is -0.0622. The van der Waals surface area contributed by atoms with Crippen molar-refractivity contribution < 1.29 is 9.53 Å². The van der Waals surface area contributed by atoms with Crippen LogP contribution in [0.3, 0.4) is 0 Å². The van der Waals surface area contributed by atoms with E-state index in [1.807, 2.05) is 24.3 Å². The number of carbonyl (C=O) groups is 1. The van der Waals surface area contributed by atoms with E-state index in [1.165, 1.54) is 16.3 Å². The van der Waals surface area contributed by atoms with Gasteiger partial charge in [-0.05, 0) is 56.3 Å². The lowest BCUT2D eigenvalue weighted by Crippen LogP contribution is -2.26. The van der Waals surface area contributed by atoms with Gasteiger partial charge >= 0.3 is 0 Å². The minimum absolute atomic E-state index is 0.114. The molecule has 170 valence electrons. The molecule has 0 radical (unpaired) electrons. The van der Waals surface area contributed by atoms with Gasteiger partial charge in [0.15, 0.2) is 5.16 Å². The van der Waals surface area contributed by atoms with E-state index in [2.05, 4.69) is 29.0 Å². The average Bonchev–Trinajstić information content (AvgIpc) is 2.79. The Morgan fingerprint density at radius 1 is 1.19 bits per heavy atom. The number of rotatable bonds is 10. The maximum Gasteiger partial charge on any atom is 0.262 e. The molecule has 1 heterocycles. The number of amides is 1. The van der Waals surface area contributed by atoms with Crippen molar-refractivity contribution in [2.75, 3.05) is 42.8 Å². The minimum atomic E-state index is -0.182. The highest BCUT2D eigenvalue weighted by atomic mass is 35.5. The highest BCUT2D eigenvalue weighted by Crippen LogP contribution is 2.22. The molecule has 0 aliphatic rings. The quantitative estimate of drug-likeness (QED) is 0.349. The molecule has 0 atom stereocenters. The molecule has 3 aromatic rings. The Hall–Kier alpha value is -2.55. The fourth-order valence-corrected chi connectivity index (χ4v) is 4.33. The fourth-order valence-electron chi connectivity index (χ4n) is 3.34. The number of methoxy groups -OCH3 is 1. The number of hydrogen-bond donors (Lipinski definition) is 1. The molecule has 0 saturated carbocycles. The van der Waals surface area contributed by atoms with E-state index < -0.39 is 0 Å². The van der Waals surface area contributed by atoms with Gasteiger partial charge in [-0.2, -0.15) is 0 Å². The van der Waals surface area contributed by atoms with Crippen LogP contribution in [-0.4, -0.2) is 48.0 Å². The highest BCUT2D eigenvalue weighted by molar-refractivity contribution is 7.99. The normalized spacial score (nSPS) is 11.0. The van der Waals surface area contributed by atoms with Crippen molar-refractivity contribution in [1.29, 1.82) is 0 Å². The number of carbonyl (C=O) groups excluding carboxylic acids is 1. The van der Waals surface area contributed by atoms with Crippen LogP contribution in [0, 0.1) is 0 Å². The molecular formula is C23H27ClN4O3S. The van der Waals surface area contributed by atoms with Crippen molar-refractivity contribution in [3.63, 3.8) is 0 Å². The molecule has 3 rings (SSSR count). The van der Waals surface area contributed by atoms with E-state index in [-0.39, 0.29) is 17.2 Å². The van der Waals surface area contributed by atoms with Crippen LogP contribution in [0.25, 0.3) is 10.9 Å². The lowest BCUT2D eigenvalue weighted by molar-refractivity contribution is -0.113. The molecule has 0 saturated heterocycles. The Morgan fingerprint density at radius 2 is 1.91 bits per heavy atom. The summed E-state index contributed by atoms with van der Waals surface area (Å²) in [6.07, 6.45) is 0. The smallest absolute Gasteiger partial charge is 0.262 e. The summed E-state index contributed by atoms with van der Waals surface area (Å²) < 4.78 is 6.67. The van der Waals surface area contributed by atoms with Gasteiger partial charge in [-0.25, -0.2) is 4.98 Å². The molecule has 0 spiro atoms. The summed E-state index contributed by atoms with van der Waals surface area (Å²) >= 11 is 7.28. The molecule has 7 nitrogen and oxygen atoms in total. The Kier molecular flexibility index (Phi) is 8.55. The monoisotopic (exact) mass is 474 g/mol. The van der Waals surface area contributed by atoms with Gasteiger partial charge in [0, 0.05) is 36.6 Å². The molecule has 1 aromatic heterocycles. The Morgan fingerprint density at radius 3 is 2.56 bits per heavy atom. The van der Waals surface area contributed by atoms with Crippen LogP contribution in [0.1, 0.15) is 13.8 Å². The third kappa shape index (κ3) is 5.82. The zero-order chi connectivity index (χ0) is 23.1. The summed E-state index contributed by atoms with van der Waals surface area (Å²) in [7, 11) is 1.57. The number of ether oxygens (including phenoxy) is 1. The summed E-state index contributed by atoms with van der Waals surface area (Å²) in [6.45, 7) is 6.77. The molecular weight excluding hydrogens is 448 g/mol. The standard InChI is InChI=1S/C23H27ClN4O3S/c1-4-27(5-2)18-9-7-17(8-10-18)25-21(29)15-32-23-26-20-14-16(24)6-11-19(20)22(30)28(23)12-13-31-3/h6-11,14H,4-5,12-13,15H2,1-3H3,(H,25,29). The van der Waals surface area contributed by atoms with Crippen molar-refractivity contribution in [2.24, 2.45) is 0 Å². The number of halogens is 1. The number of aromatic nitrogens is 2. The van der Waals surface area contributed by atoms with E-state index in [4.69, 9.17) is 16.3 Å². The third-order valence-corrected chi connectivity index (χ3v) is 6.22. The first kappa shape index (κ1) is 24.1. The molecule has 1 N–H and O–H groups in total. The van der Waals surface area contributed by atoms with Crippen LogP contribution in [0.4, 0.5) is 11.4 Å². The van der Waals surface area contributed by atoms with Gasteiger partial charge < -0.3 is 15.0 Å². The Bertz CT molecular complexity index is 1130. The Balaban J connectivity index is 1.74. The molecule has 0 unspecified atom stereocenters. The lowest BCUT2D eigenvalue weighted by Gasteiger charge is -2.21. The molecule has 32 heavy (non-hydrogen) atoms. The summed E-state index contributed by atoms with van der Waals surface area (Å²) in [5.41, 5.74) is 2.16. The summed E-state index contributed by atoms with van der Waals surface area (Å²) in [5, 5.41) is 4.33. The maximum absolute atomic E-state index is 12.9. The zero-order valence-corrected chi connectivity index (χ0v) is 20.0. The van der Waals surface area contributed by atoms with Gasteiger partial charge in [0.05, 0.1) is 29.8 Å². The third-order valence-electron chi connectivity index (χ3n) is 5.01. The first-order valence-corrected chi connectivity index (χ1v) is 11.8. The van der Waals surface area contributed by atoms with E-state index in [0.717, 1.165) is 24.5 Å². The first-order valence-electron chi connectivity index (χ1n) is 10.4. The van der Waals surface area contributed by atoms with Crippen molar-refractivity contribution in [1.82, 2.24) is 9.55 Å². The van der Waals surface area contributed by atoms with Crippen LogP contribution in [-0.2, 0) is 16.1 Å². The number of nitrogens with zero attached hydrogens (tertiary/aromatic N) is 3. The summed E-state index contributed by atoms with van der Waals surface area (Å²) in [4.78, 5) is 32.3. The molecule has 1 amide bonds. The molecule has 2 aromatic carbocycles. The van der Waals surface area contributed by atoms with Crippen LogP contribution < -0.4 is 15.8 Å². The van der Waals surface area contributed by atoms with E-state index in [0.29, 0.717) is 34.2 Å². The fraction of sp³-hybridized carbons (Fsp3) is 0.348. The van der Waals surface area contributed by atoms with Crippen LogP contribution in [0.2, 0.25) is 5.02 Å². The number of fused-ring (bicyclic) bond motifs is 1. The Labute approximate surface area is 196 Å². The van der Waals surface area contributed by atoms with Crippen molar-refractivity contribution >= 4 is 51.5 Å². The average molecular weight is 475 g/mol. The molecule has 0 aliphatic carbocycles. The minimum Gasteiger partial charge on any atom is -0.383 e. The van der Waals surface area contributed by atoms with E-state index >= 15 is 0 Å². The predicted molar refractivity (Wildman–Crippen MR) is 132 cm³/mol. The second-order valence-electron chi connectivity index (χ2n) is 7.06. The molecule has 0 bridgehead atoms. The molecule has 9 heteroatoms. The van der Waals surface area contributed by atoms with Gasteiger partial charge in [-0.3, -0.25) is 14.2 Å². The number of thioether (sulfide) groups is 1. The van der Waals surface area contributed by atoms with Gasteiger partial charge in [-0.1, -0.05) is 23.4 Å². The lowest BCUT2D eigenvalue weighted by atomic mass is 10.2. The highest BCUT2D eigenvalue weighted by Gasteiger charge is 2.14. The van der Waals surface area contributed by atoms with Crippen LogP contribution in [0.15, 0.2) is 52.4 Å². The molecule has 0 aliphatic heterocycles. The van der Waals surface area contributed by atoms with E-state index in [9.17, 15) is 9.59 Å². The second kappa shape index (κ2) is 11.4. The summed E-state index contributed by atoms with van der Waals surface area (Å²) in [6, 6.07) is 12.8. The topological polar surface area (TPSA) is 76.5 Å². The number of nitrogens with one attached hydrogen (secondary N) is 1. The largest absolute Gasteiger partial charge is 0.383 e. The van der Waals surface area contributed by atoms with Crippen molar-refractivity contribution in [3.8, 4) is 0 Å². The van der Waals surface area contributed by atoms with Gasteiger partial charge in [0.1, 0.15) is 0 Å². The second-order valence-corrected chi connectivity index (χ2v) is 8.44. The van der Waals surface area contributed by atoms with Crippen LogP contribution in [0.5, 0.6) is 0 Å². The van der Waals surface area contributed by atoms with Crippen molar-refractivity contribution in [2.45, 2.75) is 25.5 Å². The predicted octanol–water partition coefficient (Wildman–Crippen LogP) is 4.27. The van der Waals surface area contributed by atoms with Gasteiger partial charge in [0.25, 0.3) is 5.56 Å². The maximum atomic E-state index is 12.9. The van der Waals surface area contributed by atoms with Gasteiger partial charge in [0.2, 0.25) is 5.91 Å². The first-order chi connectivity index (χ1) is 15.5.